The van der Waals surface area contributed by atoms with E-state index in [-0.39, 0.29) is 5.82 Å². The maximum absolute atomic E-state index is 13.4. The van der Waals surface area contributed by atoms with Crippen LogP contribution >= 0.6 is 0 Å². The summed E-state index contributed by atoms with van der Waals surface area (Å²) < 4.78 is 19.0. The van der Waals surface area contributed by atoms with Crippen molar-refractivity contribution in [3.63, 3.8) is 0 Å². The summed E-state index contributed by atoms with van der Waals surface area (Å²) in [5, 5.41) is 3.11. The second-order valence-corrected chi connectivity index (χ2v) is 4.43. The van der Waals surface area contributed by atoms with Gasteiger partial charge < -0.3 is 10.1 Å². The fraction of sp³-hybridized carbons (Fsp3) is 0.250. The minimum absolute atomic E-state index is 0.216. The summed E-state index contributed by atoms with van der Waals surface area (Å²) >= 11 is 0. The van der Waals surface area contributed by atoms with E-state index in [4.69, 9.17) is 4.74 Å². The van der Waals surface area contributed by atoms with E-state index in [9.17, 15) is 4.39 Å². The molecule has 0 aromatic heterocycles. The molecule has 0 unspecified atom stereocenters. The van der Waals surface area contributed by atoms with E-state index in [1.54, 1.807) is 12.1 Å². The number of nitrogens with one attached hydrogen (secondary N) is 1. The first-order valence-electron chi connectivity index (χ1n) is 6.33. The molecule has 0 radical (unpaired) electrons. The van der Waals surface area contributed by atoms with E-state index in [2.05, 4.69) is 17.4 Å². The molecule has 0 fully saturated rings. The fourth-order valence-electron chi connectivity index (χ4n) is 1.93. The number of ether oxygens (including phenoxy) is 1. The quantitative estimate of drug-likeness (QED) is 0.859. The number of halogens is 1. The molecule has 1 N–H and O–H groups in total. The van der Waals surface area contributed by atoms with Crippen LogP contribution in [-0.2, 0) is 24.5 Å². The molecule has 0 atom stereocenters. The van der Waals surface area contributed by atoms with Gasteiger partial charge in [0.05, 0.1) is 13.2 Å². The Hall–Kier alpha value is -1.71. The molecule has 100 valence electrons. The molecular formula is C16H18FNO. The van der Waals surface area contributed by atoms with Gasteiger partial charge in [-0.25, -0.2) is 4.39 Å². The lowest BCUT2D eigenvalue weighted by molar-refractivity contribution is 0.105. The van der Waals surface area contributed by atoms with Gasteiger partial charge in [0.15, 0.2) is 0 Å². The number of benzene rings is 2. The highest BCUT2D eigenvalue weighted by Gasteiger charge is 2.01. The predicted molar refractivity (Wildman–Crippen MR) is 74.1 cm³/mol. The number of hydrogen-bond donors (Lipinski definition) is 1. The summed E-state index contributed by atoms with van der Waals surface area (Å²) in [6.07, 6.45) is 0. The fourth-order valence-corrected chi connectivity index (χ4v) is 1.93. The van der Waals surface area contributed by atoms with E-state index in [0.29, 0.717) is 18.8 Å². The molecule has 2 aromatic rings. The molecule has 2 aromatic carbocycles. The van der Waals surface area contributed by atoms with Crippen LogP contribution in [0.3, 0.4) is 0 Å². The molecule has 19 heavy (non-hydrogen) atoms. The molecule has 0 aliphatic carbocycles. The van der Waals surface area contributed by atoms with Crippen LogP contribution in [0.2, 0.25) is 0 Å². The first-order chi connectivity index (χ1) is 9.29. The Labute approximate surface area is 113 Å². The van der Waals surface area contributed by atoms with E-state index in [0.717, 1.165) is 12.1 Å². The van der Waals surface area contributed by atoms with Crippen LogP contribution < -0.4 is 5.32 Å². The third-order valence-corrected chi connectivity index (χ3v) is 2.86. The van der Waals surface area contributed by atoms with Crippen molar-refractivity contribution in [2.24, 2.45) is 0 Å². The van der Waals surface area contributed by atoms with Gasteiger partial charge in [0.2, 0.25) is 0 Å². The average Bonchev–Trinajstić information content (AvgIpc) is 2.42. The Bertz CT molecular complexity index is 528. The maximum Gasteiger partial charge on any atom is 0.128 e. The van der Waals surface area contributed by atoms with Crippen LogP contribution in [0.4, 0.5) is 4.39 Å². The highest BCUT2D eigenvalue weighted by atomic mass is 19.1. The van der Waals surface area contributed by atoms with Gasteiger partial charge in [-0.15, -0.1) is 0 Å². The van der Waals surface area contributed by atoms with Crippen molar-refractivity contribution in [1.82, 2.24) is 5.32 Å². The standard InChI is InChI=1S/C16H18FNO/c1-18-10-13-5-4-6-14(9-13)11-19-12-15-7-2-3-8-16(15)17/h2-9,18H,10-12H2,1H3. The van der Waals surface area contributed by atoms with Crippen molar-refractivity contribution < 1.29 is 9.13 Å². The highest BCUT2D eigenvalue weighted by molar-refractivity contribution is 5.23. The summed E-state index contributed by atoms with van der Waals surface area (Å²) in [6.45, 7) is 1.62. The molecule has 0 aliphatic rings. The Morgan fingerprint density at radius 2 is 1.79 bits per heavy atom. The molecule has 0 amide bonds. The summed E-state index contributed by atoms with van der Waals surface area (Å²) in [5.41, 5.74) is 2.91. The number of rotatable bonds is 6. The van der Waals surface area contributed by atoms with Gasteiger partial charge in [-0.3, -0.25) is 0 Å². The van der Waals surface area contributed by atoms with Gasteiger partial charge in [0.25, 0.3) is 0 Å². The van der Waals surface area contributed by atoms with Crippen molar-refractivity contribution in [2.75, 3.05) is 7.05 Å². The minimum Gasteiger partial charge on any atom is -0.372 e. The summed E-state index contributed by atoms with van der Waals surface area (Å²) in [5.74, 6) is -0.216. The normalized spacial score (nSPS) is 10.6. The Kier molecular flexibility index (Phi) is 5.07. The topological polar surface area (TPSA) is 21.3 Å². The third-order valence-electron chi connectivity index (χ3n) is 2.86. The Morgan fingerprint density at radius 1 is 1.00 bits per heavy atom. The first kappa shape index (κ1) is 13.7. The van der Waals surface area contributed by atoms with Gasteiger partial charge in [0, 0.05) is 12.1 Å². The van der Waals surface area contributed by atoms with Crippen LogP contribution in [0.5, 0.6) is 0 Å². The third kappa shape index (κ3) is 4.16. The van der Waals surface area contributed by atoms with E-state index >= 15 is 0 Å². The smallest absolute Gasteiger partial charge is 0.128 e. The van der Waals surface area contributed by atoms with Gasteiger partial charge in [-0.2, -0.15) is 0 Å². The van der Waals surface area contributed by atoms with Gasteiger partial charge in [-0.05, 0) is 24.2 Å². The van der Waals surface area contributed by atoms with Crippen molar-refractivity contribution >= 4 is 0 Å². The Morgan fingerprint density at radius 3 is 2.58 bits per heavy atom. The van der Waals surface area contributed by atoms with Crippen LogP contribution in [0, 0.1) is 5.82 Å². The van der Waals surface area contributed by atoms with Crippen molar-refractivity contribution in [3.05, 3.63) is 71.0 Å². The maximum atomic E-state index is 13.4. The zero-order valence-corrected chi connectivity index (χ0v) is 11.0. The lowest BCUT2D eigenvalue weighted by Crippen LogP contribution is -2.05. The molecule has 0 saturated heterocycles. The van der Waals surface area contributed by atoms with E-state index < -0.39 is 0 Å². The van der Waals surface area contributed by atoms with E-state index in [1.165, 1.54) is 11.6 Å². The van der Waals surface area contributed by atoms with Gasteiger partial charge in [0.1, 0.15) is 5.82 Å². The molecule has 2 nitrogen and oxygen atoms in total. The largest absolute Gasteiger partial charge is 0.372 e. The molecule has 0 saturated carbocycles. The van der Waals surface area contributed by atoms with E-state index in [1.807, 2.05) is 25.2 Å². The lowest BCUT2D eigenvalue weighted by atomic mass is 10.1. The van der Waals surface area contributed by atoms with Crippen molar-refractivity contribution in [3.8, 4) is 0 Å². The summed E-state index contributed by atoms with van der Waals surface area (Å²) in [7, 11) is 1.92. The highest BCUT2D eigenvalue weighted by Crippen LogP contribution is 2.11. The minimum atomic E-state index is -0.216. The van der Waals surface area contributed by atoms with Crippen LogP contribution in [0.1, 0.15) is 16.7 Å². The molecule has 0 heterocycles. The second-order valence-electron chi connectivity index (χ2n) is 4.43. The zero-order chi connectivity index (χ0) is 13.5. The number of hydrogen-bond acceptors (Lipinski definition) is 2. The van der Waals surface area contributed by atoms with Crippen molar-refractivity contribution in [2.45, 2.75) is 19.8 Å². The molecular weight excluding hydrogens is 241 g/mol. The zero-order valence-electron chi connectivity index (χ0n) is 11.0. The molecule has 3 heteroatoms. The SMILES string of the molecule is CNCc1cccc(COCc2ccccc2F)c1. The molecule has 0 spiro atoms. The molecule has 0 aliphatic heterocycles. The lowest BCUT2D eigenvalue weighted by Gasteiger charge is -2.07. The molecule has 0 bridgehead atoms. The second kappa shape index (κ2) is 7.02. The van der Waals surface area contributed by atoms with Crippen LogP contribution in [-0.4, -0.2) is 7.05 Å². The monoisotopic (exact) mass is 259 g/mol. The van der Waals surface area contributed by atoms with Gasteiger partial charge >= 0.3 is 0 Å². The average molecular weight is 259 g/mol. The van der Waals surface area contributed by atoms with Crippen LogP contribution in [0.15, 0.2) is 48.5 Å². The molecule has 2 rings (SSSR count). The summed E-state index contributed by atoms with van der Waals surface area (Å²) in [4.78, 5) is 0. The van der Waals surface area contributed by atoms with Crippen molar-refractivity contribution in [1.29, 1.82) is 0 Å². The Balaban J connectivity index is 1.89. The van der Waals surface area contributed by atoms with Gasteiger partial charge in [-0.1, -0.05) is 42.5 Å². The van der Waals surface area contributed by atoms with Crippen LogP contribution in [0.25, 0.3) is 0 Å². The predicted octanol–water partition coefficient (Wildman–Crippen LogP) is 3.26. The first-order valence-corrected chi connectivity index (χ1v) is 6.33. The summed E-state index contributed by atoms with van der Waals surface area (Å²) in [6, 6.07) is 14.9.